The summed E-state index contributed by atoms with van der Waals surface area (Å²) in [5.41, 5.74) is 12.4. The number of nitrogen functional groups attached to an aromatic ring is 1. The van der Waals surface area contributed by atoms with Crippen LogP contribution in [0.5, 0.6) is 5.75 Å². The van der Waals surface area contributed by atoms with Gasteiger partial charge in [-0.3, -0.25) is 5.43 Å². The zero-order chi connectivity index (χ0) is 19.6. The zero-order valence-corrected chi connectivity index (χ0v) is 17.8. The van der Waals surface area contributed by atoms with Gasteiger partial charge in [-0.1, -0.05) is 28.1 Å². The molecule has 0 aliphatic carbocycles. The van der Waals surface area contributed by atoms with Crippen molar-refractivity contribution in [2.75, 3.05) is 11.2 Å². The van der Waals surface area contributed by atoms with Gasteiger partial charge in [0.1, 0.15) is 5.75 Å². The molecule has 138 valence electrons. The zero-order valence-electron chi connectivity index (χ0n) is 14.7. The van der Waals surface area contributed by atoms with Gasteiger partial charge in [-0.25, -0.2) is 9.97 Å². The molecule has 0 radical (unpaired) electrons. The normalized spacial score (nSPS) is 11.5. The van der Waals surface area contributed by atoms with Crippen molar-refractivity contribution in [1.82, 2.24) is 9.97 Å². The second-order valence-electron chi connectivity index (χ2n) is 5.93. The van der Waals surface area contributed by atoms with Crippen LogP contribution >= 0.6 is 31.9 Å². The van der Waals surface area contributed by atoms with E-state index < -0.39 is 0 Å². The highest BCUT2D eigenvalue weighted by atomic mass is 79.9. The maximum atomic E-state index is 10.3. The Kier molecular flexibility index (Phi) is 5.76. The Bertz CT molecular complexity index is 1020. The highest BCUT2D eigenvalue weighted by molar-refractivity contribution is 9.11. The molecule has 0 amide bonds. The third kappa shape index (κ3) is 4.64. The van der Waals surface area contributed by atoms with Crippen LogP contribution in [0.3, 0.4) is 0 Å². The van der Waals surface area contributed by atoms with Crippen LogP contribution in [0.25, 0.3) is 11.4 Å². The molecule has 2 aromatic carbocycles. The number of nitrogens with two attached hydrogens (primary N) is 1. The van der Waals surface area contributed by atoms with E-state index in [1.807, 2.05) is 38.1 Å². The molecule has 27 heavy (non-hydrogen) atoms. The van der Waals surface area contributed by atoms with E-state index in [1.165, 1.54) is 0 Å². The number of nitrogens with one attached hydrogen (secondary N) is 1. The minimum Gasteiger partial charge on any atom is -0.506 e. The van der Waals surface area contributed by atoms with Crippen molar-refractivity contribution in [2.24, 2.45) is 5.10 Å². The Morgan fingerprint density at radius 2 is 1.81 bits per heavy atom. The van der Waals surface area contributed by atoms with Gasteiger partial charge in [-0.2, -0.15) is 5.10 Å². The standard InChI is InChI=1S/C19H17Br2N5O/c1-10-7-17(26-25-11(2)12-3-5-14(22)6-4-12)24-19(23-10)15-8-13(20)9-16(21)18(15)27/h3-9,27H,22H2,1-2H3,(H,23,24,26). The van der Waals surface area contributed by atoms with Crippen LogP contribution in [-0.4, -0.2) is 20.8 Å². The van der Waals surface area contributed by atoms with Crippen LogP contribution in [-0.2, 0) is 0 Å². The lowest BCUT2D eigenvalue weighted by Gasteiger charge is -2.09. The van der Waals surface area contributed by atoms with Gasteiger partial charge in [0.25, 0.3) is 0 Å². The fourth-order valence-electron chi connectivity index (χ4n) is 2.41. The quantitative estimate of drug-likeness (QED) is 0.268. The van der Waals surface area contributed by atoms with Crippen LogP contribution in [0.1, 0.15) is 18.2 Å². The highest BCUT2D eigenvalue weighted by Gasteiger charge is 2.13. The van der Waals surface area contributed by atoms with Crippen molar-refractivity contribution in [3.63, 3.8) is 0 Å². The fourth-order valence-corrected chi connectivity index (χ4v) is 3.64. The molecule has 8 heteroatoms. The minimum absolute atomic E-state index is 0.0799. The molecule has 1 aromatic heterocycles. The summed E-state index contributed by atoms with van der Waals surface area (Å²) in [7, 11) is 0. The number of phenolic OH excluding ortho intramolecular Hbond substituents is 1. The Balaban J connectivity index is 1.92. The topological polar surface area (TPSA) is 96.4 Å². The lowest BCUT2D eigenvalue weighted by atomic mass is 10.1. The van der Waals surface area contributed by atoms with Gasteiger partial charge in [-0.05, 0) is 59.6 Å². The predicted octanol–water partition coefficient (Wildman–Crippen LogP) is 5.10. The number of rotatable bonds is 4. The molecule has 0 aliphatic heterocycles. The Morgan fingerprint density at radius 1 is 1.11 bits per heavy atom. The molecule has 0 saturated carbocycles. The van der Waals surface area contributed by atoms with Crippen molar-refractivity contribution in [2.45, 2.75) is 13.8 Å². The van der Waals surface area contributed by atoms with E-state index in [0.717, 1.165) is 21.4 Å². The molecule has 1 heterocycles. The number of hydrogen-bond acceptors (Lipinski definition) is 6. The number of hydrazone groups is 1. The second-order valence-corrected chi connectivity index (χ2v) is 7.70. The molecule has 0 bridgehead atoms. The molecule has 4 N–H and O–H groups in total. The molecule has 3 rings (SSSR count). The summed E-state index contributed by atoms with van der Waals surface area (Å²) < 4.78 is 1.36. The summed E-state index contributed by atoms with van der Waals surface area (Å²) in [4.78, 5) is 8.90. The first kappa shape index (κ1) is 19.3. The third-order valence-electron chi connectivity index (χ3n) is 3.79. The lowest BCUT2D eigenvalue weighted by Crippen LogP contribution is -2.03. The van der Waals surface area contributed by atoms with E-state index in [4.69, 9.17) is 5.73 Å². The van der Waals surface area contributed by atoms with Gasteiger partial charge in [0.05, 0.1) is 15.7 Å². The molecule has 0 fully saturated rings. The summed E-state index contributed by atoms with van der Waals surface area (Å²) in [5.74, 6) is 1.01. The minimum atomic E-state index is 0.0799. The number of phenols is 1. The highest BCUT2D eigenvalue weighted by Crippen LogP contribution is 2.37. The maximum Gasteiger partial charge on any atom is 0.165 e. The molecule has 0 spiro atoms. The first-order valence-electron chi connectivity index (χ1n) is 8.04. The van der Waals surface area contributed by atoms with Crippen molar-refractivity contribution in [1.29, 1.82) is 0 Å². The van der Waals surface area contributed by atoms with Gasteiger partial charge in [0.15, 0.2) is 11.6 Å². The fraction of sp³-hybridized carbons (Fsp3) is 0.105. The van der Waals surface area contributed by atoms with Gasteiger partial charge in [0.2, 0.25) is 0 Å². The Hall–Kier alpha value is -2.45. The number of hydrogen-bond donors (Lipinski definition) is 3. The van der Waals surface area contributed by atoms with Crippen molar-refractivity contribution in [3.05, 3.63) is 62.7 Å². The molecule has 0 aliphatic rings. The van der Waals surface area contributed by atoms with E-state index in [1.54, 1.807) is 18.2 Å². The molecule has 3 aromatic rings. The maximum absolute atomic E-state index is 10.3. The number of nitrogens with zero attached hydrogens (tertiary/aromatic N) is 3. The van der Waals surface area contributed by atoms with E-state index >= 15 is 0 Å². The molecule has 0 unspecified atom stereocenters. The van der Waals surface area contributed by atoms with Crippen LogP contribution in [0.4, 0.5) is 11.5 Å². The summed E-state index contributed by atoms with van der Waals surface area (Å²) in [6.07, 6.45) is 0. The molecule has 0 saturated heterocycles. The van der Waals surface area contributed by atoms with E-state index in [-0.39, 0.29) is 5.75 Å². The molecule has 6 nitrogen and oxygen atoms in total. The van der Waals surface area contributed by atoms with Crippen LogP contribution in [0.15, 0.2) is 56.5 Å². The van der Waals surface area contributed by atoms with Crippen LogP contribution < -0.4 is 11.2 Å². The van der Waals surface area contributed by atoms with Gasteiger partial charge in [-0.15, -0.1) is 0 Å². The Morgan fingerprint density at radius 3 is 2.52 bits per heavy atom. The van der Waals surface area contributed by atoms with Crippen molar-refractivity contribution < 1.29 is 5.11 Å². The largest absolute Gasteiger partial charge is 0.506 e. The van der Waals surface area contributed by atoms with Crippen LogP contribution in [0, 0.1) is 6.92 Å². The summed E-state index contributed by atoms with van der Waals surface area (Å²) in [6.45, 7) is 3.75. The molecular weight excluding hydrogens is 474 g/mol. The number of benzene rings is 2. The number of aromatic hydroxyl groups is 1. The predicted molar refractivity (Wildman–Crippen MR) is 116 cm³/mol. The van der Waals surface area contributed by atoms with Gasteiger partial charge in [0, 0.05) is 21.9 Å². The summed E-state index contributed by atoms with van der Waals surface area (Å²) in [6, 6.07) is 12.8. The van der Waals surface area contributed by atoms with E-state index in [2.05, 4.69) is 52.4 Å². The average molecular weight is 491 g/mol. The van der Waals surface area contributed by atoms with Crippen LogP contribution in [0.2, 0.25) is 0 Å². The summed E-state index contributed by atoms with van der Waals surface area (Å²) in [5, 5.41) is 14.7. The second kappa shape index (κ2) is 8.06. The first-order chi connectivity index (χ1) is 12.8. The number of aryl methyl sites for hydroxylation is 1. The Labute approximate surface area is 173 Å². The SMILES string of the molecule is CC(=NNc1cc(C)nc(-c2cc(Br)cc(Br)c2O)n1)c1ccc(N)cc1. The van der Waals surface area contributed by atoms with Crippen molar-refractivity contribution in [3.8, 4) is 17.1 Å². The number of aromatic nitrogens is 2. The van der Waals surface area contributed by atoms with Gasteiger partial charge < -0.3 is 10.8 Å². The van der Waals surface area contributed by atoms with Crippen molar-refractivity contribution >= 4 is 49.1 Å². The average Bonchev–Trinajstić information content (AvgIpc) is 2.63. The van der Waals surface area contributed by atoms with E-state index in [0.29, 0.717) is 27.4 Å². The third-order valence-corrected chi connectivity index (χ3v) is 4.85. The van der Waals surface area contributed by atoms with E-state index in [9.17, 15) is 5.11 Å². The number of halogens is 2. The molecular formula is C19H17Br2N5O. The van der Waals surface area contributed by atoms with Gasteiger partial charge >= 0.3 is 0 Å². The lowest BCUT2D eigenvalue weighted by molar-refractivity contribution is 0.473. The monoisotopic (exact) mass is 489 g/mol. The first-order valence-corrected chi connectivity index (χ1v) is 9.62. The summed E-state index contributed by atoms with van der Waals surface area (Å²) >= 11 is 6.75. The molecule has 0 atom stereocenters. The number of anilines is 2. The smallest absolute Gasteiger partial charge is 0.165 e.